The van der Waals surface area contributed by atoms with Crippen LogP contribution in [0.4, 0.5) is 24.5 Å². The van der Waals surface area contributed by atoms with Crippen LogP contribution in [0.5, 0.6) is 0 Å². The molecule has 1 amide bonds. The Bertz CT molecular complexity index is 707. The Kier molecular flexibility index (Phi) is 7.56. The highest BCUT2D eigenvalue weighted by atomic mass is 19.4. The summed E-state index contributed by atoms with van der Waals surface area (Å²) < 4.78 is 42.8. The number of rotatable bonds is 8. The van der Waals surface area contributed by atoms with Gasteiger partial charge in [-0.3, -0.25) is 14.9 Å². The van der Waals surface area contributed by atoms with E-state index in [9.17, 15) is 32.9 Å². The molecule has 0 heterocycles. The minimum Gasteiger partial charge on any atom is -0.454 e. The molecule has 1 rings (SSSR count). The number of alkyl halides is 3. The van der Waals surface area contributed by atoms with Crippen LogP contribution in [0.25, 0.3) is 0 Å². The molecule has 0 spiro atoms. The molecule has 8 nitrogen and oxygen atoms in total. The molecule has 0 radical (unpaired) electrons. The fourth-order valence-electron chi connectivity index (χ4n) is 1.90. The molecule has 0 aromatic heterocycles. The summed E-state index contributed by atoms with van der Waals surface area (Å²) in [6.45, 7) is 4.94. The van der Waals surface area contributed by atoms with E-state index >= 15 is 0 Å². The summed E-state index contributed by atoms with van der Waals surface area (Å²) in [5.41, 5.74) is -2.29. The number of benzene rings is 1. The van der Waals surface area contributed by atoms with Gasteiger partial charge in [-0.1, -0.05) is 13.8 Å². The first-order valence-corrected chi connectivity index (χ1v) is 7.97. The van der Waals surface area contributed by atoms with Crippen molar-refractivity contribution in [2.45, 2.75) is 33.0 Å². The monoisotopic (exact) mass is 391 g/mol. The number of nitrogens with zero attached hydrogens (tertiary/aromatic N) is 1. The minimum absolute atomic E-state index is 0.213. The molecule has 0 aliphatic heterocycles. The highest BCUT2D eigenvalue weighted by Crippen LogP contribution is 2.35. The van der Waals surface area contributed by atoms with Crippen LogP contribution in [-0.4, -0.2) is 36.0 Å². The maximum atomic E-state index is 12.7. The number of nitro benzene ring substituents is 1. The topological polar surface area (TPSA) is 111 Å². The third-order valence-electron chi connectivity index (χ3n) is 3.30. The number of esters is 1. The molecule has 0 aliphatic carbocycles. The number of nitro groups is 1. The Morgan fingerprint density at radius 1 is 1.26 bits per heavy atom. The quantitative estimate of drug-likeness (QED) is 0.401. The minimum atomic E-state index is -4.74. The number of halogens is 3. The van der Waals surface area contributed by atoms with Crippen LogP contribution in [0.3, 0.4) is 0 Å². The molecular weight excluding hydrogens is 371 g/mol. The average Bonchev–Trinajstić information content (AvgIpc) is 2.56. The van der Waals surface area contributed by atoms with Crippen molar-refractivity contribution in [2.75, 3.05) is 18.5 Å². The van der Waals surface area contributed by atoms with Gasteiger partial charge in [-0.15, -0.1) is 0 Å². The average molecular weight is 391 g/mol. The van der Waals surface area contributed by atoms with Crippen molar-refractivity contribution in [2.24, 2.45) is 5.92 Å². The number of hydrogen-bond acceptors (Lipinski definition) is 6. The lowest BCUT2D eigenvalue weighted by Crippen LogP contribution is -2.35. The van der Waals surface area contributed by atoms with E-state index in [1.54, 1.807) is 0 Å². The van der Waals surface area contributed by atoms with Crippen LogP contribution < -0.4 is 10.6 Å². The van der Waals surface area contributed by atoms with Crippen LogP contribution in [-0.2, 0) is 20.5 Å². The zero-order valence-electron chi connectivity index (χ0n) is 14.9. The first-order valence-electron chi connectivity index (χ1n) is 7.97. The normalized spacial score (nSPS) is 12.4. The first kappa shape index (κ1) is 22.2. The van der Waals surface area contributed by atoms with Gasteiger partial charge in [-0.05, 0) is 25.0 Å². The van der Waals surface area contributed by atoms with E-state index < -0.39 is 46.9 Å². The van der Waals surface area contributed by atoms with Gasteiger partial charge in [-0.25, -0.2) is 4.79 Å². The Morgan fingerprint density at radius 2 is 1.89 bits per heavy atom. The van der Waals surface area contributed by atoms with Crippen molar-refractivity contribution in [1.29, 1.82) is 0 Å². The van der Waals surface area contributed by atoms with E-state index in [0.29, 0.717) is 18.7 Å². The lowest BCUT2D eigenvalue weighted by molar-refractivity contribution is -0.384. The van der Waals surface area contributed by atoms with E-state index in [1.807, 2.05) is 13.8 Å². The van der Waals surface area contributed by atoms with E-state index in [-0.39, 0.29) is 11.6 Å². The van der Waals surface area contributed by atoms with Crippen LogP contribution in [0.2, 0.25) is 0 Å². The fourth-order valence-corrected chi connectivity index (χ4v) is 1.90. The summed E-state index contributed by atoms with van der Waals surface area (Å²) >= 11 is 0. The summed E-state index contributed by atoms with van der Waals surface area (Å²) in [6.07, 6.45) is -4.74. The fraction of sp³-hybridized carbons (Fsp3) is 0.500. The highest BCUT2D eigenvalue weighted by Gasteiger charge is 2.33. The summed E-state index contributed by atoms with van der Waals surface area (Å²) in [5, 5.41) is 16.0. The summed E-state index contributed by atoms with van der Waals surface area (Å²) in [7, 11) is 0. The molecule has 2 N–H and O–H groups in total. The maximum Gasteiger partial charge on any atom is 0.416 e. The number of anilines is 1. The summed E-state index contributed by atoms with van der Waals surface area (Å²) in [4.78, 5) is 33.4. The van der Waals surface area contributed by atoms with Crippen molar-refractivity contribution < 1.29 is 32.4 Å². The SMILES string of the molecule is CC(C)CNC(=O)COC(=O)[C@H](C)Nc1ccc(C(F)(F)F)cc1[N+](=O)[O-]. The second-order valence-corrected chi connectivity index (χ2v) is 6.16. The summed E-state index contributed by atoms with van der Waals surface area (Å²) in [5.74, 6) is -1.18. The molecule has 0 saturated heterocycles. The number of amides is 1. The lowest BCUT2D eigenvalue weighted by atomic mass is 10.1. The number of carbonyl (C=O) groups excluding carboxylic acids is 2. The van der Waals surface area contributed by atoms with Gasteiger partial charge in [0.2, 0.25) is 0 Å². The molecule has 1 atom stereocenters. The Hall–Kier alpha value is -2.85. The molecule has 0 unspecified atom stereocenters. The Morgan fingerprint density at radius 3 is 2.41 bits per heavy atom. The second-order valence-electron chi connectivity index (χ2n) is 6.16. The van der Waals surface area contributed by atoms with Crippen molar-refractivity contribution in [3.63, 3.8) is 0 Å². The van der Waals surface area contributed by atoms with Crippen LogP contribution in [0, 0.1) is 16.0 Å². The van der Waals surface area contributed by atoms with Crippen LogP contribution in [0.15, 0.2) is 18.2 Å². The molecular formula is C16H20F3N3O5. The summed E-state index contributed by atoms with van der Waals surface area (Å²) in [6, 6.07) is 0.769. The Labute approximate surface area is 153 Å². The highest BCUT2D eigenvalue weighted by molar-refractivity contribution is 5.84. The lowest BCUT2D eigenvalue weighted by Gasteiger charge is -2.15. The Balaban J connectivity index is 2.75. The van der Waals surface area contributed by atoms with Gasteiger partial charge in [0, 0.05) is 12.6 Å². The molecule has 0 saturated carbocycles. The van der Waals surface area contributed by atoms with E-state index in [4.69, 9.17) is 4.74 Å². The number of hydrogen-bond donors (Lipinski definition) is 2. The van der Waals surface area contributed by atoms with Crippen molar-refractivity contribution in [1.82, 2.24) is 5.32 Å². The first-order chi connectivity index (χ1) is 12.4. The van der Waals surface area contributed by atoms with Gasteiger partial charge in [0.1, 0.15) is 11.7 Å². The molecule has 1 aromatic rings. The predicted molar refractivity (Wildman–Crippen MR) is 90.0 cm³/mol. The van der Waals surface area contributed by atoms with Gasteiger partial charge >= 0.3 is 12.1 Å². The standard InChI is InChI=1S/C16H20F3N3O5/c1-9(2)7-20-14(23)8-27-15(24)10(3)21-12-5-4-11(16(17,18)19)6-13(12)22(25)26/h4-6,9-10,21H,7-8H2,1-3H3,(H,20,23)/t10-/m0/s1. The molecule has 0 bridgehead atoms. The van der Waals surface area contributed by atoms with Crippen molar-refractivity contribution in [3.05, 3.63) is 33.9 Å². The van der Waals surface area contributed by atoms with Crippen molar-refractivity contribution in [3.8, 4) is 0 Å². The predicted octanol–water partition coefficient (Wildman–Crippen LogP) is 2.73. The van der Waals surface area contributed by atoms with E-state index in [0.717, 1.165) is 6.07 Å². The van der Waals surface area contributed by atoms with Crippen molar-refractivity contribution >= 4 is 23.3 Å². The molecule has 150 valence electrons. The number of nitrogens with one attached hydrogen (secondary N) is 2. The molecule has 27 heavy (non-hydrogen) atoms. The largest absolute Gasteiger partial charge is 0.454 e. The van der Waals surface area contributed by atoms with Gasteiger partial charge in [0.05, 0.1) is 10.5 Å². The molecule has 0 aliphatic rings. The van der Waals surface area contributed by atoms with Gasteiger partial charge in [0.15, 0.2) is 6.61 Å². The van der Waals surface area contributed by atoms with Crippen LogP contribution >= 0.6 is 0 Å². The van der Waals surface area contributed by atoms with Gasteiger partial charge in [-0.2, -0.15) is 13.2 Å². The van der Waals surface area contributed by atoms with E-state index in [1.165, 1.54) is 6.92 Å². The maximum absolute atomic E-state index is 12.7. The van der Waals surface area contributed by atoms with E-state index in [2.05, 4.69) is 10.6 Å². The second kappa shape index (κ2) is 9.19. The molecule has 11 heteroatoms. The third kappa shape index (κ3) is 7.12. The smallest absolute Gasteiger partial charge is 0.416 e. The molecule has 1 aromatic carbocycles. The molecule has 0 fully saturated rings. The van der Waals surface area contributed by atoms with Crippen LogP contribution in [0.1, 0.15) is 26.3 Å². The third-order valence-corrected chi connectivity index (χ3v) is 3.30. The van der Waals surface area contributed by atoms with Gasteiger partial charge < -0.3 is 15.4 Å². The zero-order valence-corrected chi connectivity index (χ0v) is 14.9. The van der Waals surface area contributed by atoms with Gasteiger partial charge in [0.25, 0.3) is 11.6 Å². The number of ether oxygens (including phenoxy) is 1. The number of carbonyl (C=O) groups is 2. The zero-order chi connectivity index (χ0) is 20.8.